The molecule has 0 saturated carbocycles. The number of aliphatic hydroxyl groups is 20. The van der Waals surface area contributed by atoms with Crippen LogP contribution in [0, 0.1) is 0 Å². The highest BCUT2D eigenvalue weighted by molar-refractivity contribution is 5.76. The Balaban J connectivity index is 1.02. The van der Waals surface area contributed by atoms with Gasteiger partial charge in [0.1, 0.15) is 165 Å². The fraction of sp³-hybridized carbons (Fsp3) is 0.939. The number of nitrogens with one attached hydrogen (secondary N) is 3. The lowest BCUT2D eigenvalue weighted by Gasteiger charge is -2.52. The molecular formula is C82H147N3O37. The van der Waals surface area contributed by atoms with Crippen molar-refractivity contribution in [1.82, 2.24) is 16.0 Å². The van der Waals surface area contributed by atoms with Crippen LogP contribution in [0.2, 0.25) is 0 Å². The Morgan fingerprint density at radius 1 is 0.336 bits per heavy atom. The van der Waals surface area contributed by atoms with Gasteiger partial charge in [-0.3, -0.25) is 14.4 Å². The first-order chi connectivity index (χ1) is 58.5. The highest BCUT2D eigenvalue weighted by Crippen LogP contribution is 2.40. The topological polar surface area (TPSA) is 621 Å². The average Bonchev–Trinajstić information content (AvgIpc) is 0.763. The highest BCUT2D eigenvalue weighted by Gasteiger charge is 2.60. The quantitative estimate of drug-likeness (QED) is 0.0207. The Bertz CT molecular complexity index is 2910. The van der Waals surface area contributed by atoms with Gasteiger partial charge in [0.2, 0.25) is 17.7 Å². The Morgan fingerprint density at radius 3 is 1.12 bits per heavy atom. The molecule has 0 radical (unpaired) electrons. The van der Waals surface area contributed by atoms with Gasteiger partial charge >= 0.3 is 0 Å². The van der Waals surface area contributed by atoms with Gasteiger partial charge in [0.05, 0.1) is 64.5 Å². The zero-order valence-corrected chi connectivity index (χ0v) is 71.1. The molecule has 0 aliphatic carbocycles. The van der Waals surface area contributed by atoms with Gasteiger partial charge in [-0.05, 0) is 26.2 Å². The van der Waals surface area contributed by atoms with Crippen LogP contribution in [0.25, 0.3) is 0 Å². The van der Waals surface area contributed by atoms with E-state index in [1.54, 1.807) is 6.08 Å². The number of amides is 3. The van der Waals surface area contributed by atoms with Crippen LogP contribution in [0.5, 0.6) is 0 Å². The van der Waals surface area contributed by atoms with Crippen LogP contribution < -0.4 is 16.0 Å². The van der Waals surface area contributed by atoms with Crippen LogP contribution in [0.3, 0.4) is 0 Å². The second-order valence-electron chi connectivity index (χ2n) is 33.4. The second-order valence-corrected chi connectivity index (χ2v) is 33.4. The van der Waals surface area contributed by atoms with Crippen molar-refractivity contribution in [1.29, 1.82) is 0 Å². The van der Waals surface area contributed by atoms with Crippen molar-refractivity contribution in [3.05, 3.63) is 12.2 Å². The normalized spacial score (nSPS) is 38.9. The summed E-state index contributed by atoms with van der Waals surface area (Å²) in [7, 11) is 0. The molecule has 7 heterocycles. The van der Waals surface area contributed by atoms with Crippen LogP contribution in [0.4, 0.5) is 0 Å². The van der Waals surface area contributed by atoms with Crippen LogP contribution >= 0.6 is 0 Å². The van der Waals surface area contributed by atoms with Gasteiger partial charge in [-0.15, -0.1) is 0 Å². The van der Waals surface area contributed by atoms with Gasteiger partial charge < -0.3 is 184 Å². The molecule has 40 heteroatoms. The molecule has 7 aliphatic heterocycles. The molecule has 0 aromatic rings. The zero-order chi connectivity index (χ0) is 89.3. The van der Waals surface area contributed by atoms with Crippen LogP contribution in [0.1, 0.15) is 214 Å². The molecule has 0 spiro atoms. The number of hydrogen-bond donors (Lipinski definition) is 23. The molecule has 7 aliphatic rings. The summed E-state index contributed by atoms with van der Waals surface area (Å²) in [5.41, 5.74) is 0. The lowest BCUT2D eigenvalue weighted by atomic mass is 9.93. The summed E-state index contributed by atoms with van der Waals surface area (Å²) >= 11 is 0. The number of unbranched alkanes of at least 4 members (excludes halogenated alkanes) is 25. The van der Waals surface area contributed by atoms with Gasteiger partial charge in [-0.1, -0.05) is 180 Å². The van der Waals surface area contributed by atoms with E-state index in [0.29, 0.717) is 12.8 Å². The number of carbonyl (C=O) groups is 3. The number of hydrogen-bond acceptors (Lipinski definition) is 37. The predicted molar refractivity (Wildman–Crippen MR) is 425 cm³/mol. The van der Waals surface area contributed by atoms with Crippen molar-refractivity contribution >= 4 is 17.7 Å². The molecule has 40 nitrogen and oxygen atoms in total. The van der Waals surface area contributed by atoms with Gasteiger partial charge in [-0.2, -0.15) is 0 Å². The average molecular weight is 1770 g/mol. The van der Waals surface area contributed by atoms with Crippen molar-refractivity contribution in [3.63, 3.8) is 0 Å². The van der Waals surface area contributed by atoms with E-state index < -0.39 is 285 Å². The Morgan fingerprint density at radius 2 is 0.672 bits per heavy atom. The van der Waals surface area contributed by atoms with E-state index in [1.165, 1.54) is 116 Å². The zero-order valence-electron chi connectivity index (χ0n) is 71.1. The van der Waals surface area contributed by atoms with Crippen molar-refractivity contribution in [2.24, 2.45) is 0 Å². The Labute approximate surface area is 713 Å². The second kappa shape index (κ2) is 55.1. The third kappa shape index (κ3) is 30.7. The maximum absolute atomic E-state index is 13.6. The van der Waals surface area contributed by atoms with E-state index in [9.17, 15) is 117 Å². The third-order valence-corrected chi connectivity index (χ3v) is 23.8. The van der Waals surface area contributed by atoms with E-state index in [2.05, 4.69) is 29.8 Å². The summed E-state index contributed by atoms with van der Waals surface area (Å²) in [6, 6.07) is -4.86. The molecule has 23 N–H and O–H groups in total. The number of carbonyl (C=O) groups excluding carboxylic acids is 3. The summed E-state index contributed by atoms with van der Waals surface area (Å²) < 4.78 is 84.0. The number of allylic oxidation sites excluding steroid dienone is 1. The molecule has 0 bridgehead atoms. The van der Waals surface area contributed by atoms with Gasteiger partial charge in [-0.25, -0.2) is 0 Å². The molecule has 3 amide bonds. The third-order valence-electron chi connectivity index (χ3n) is 23.8. The SMILES string of the molecule is CCCCCCCCCCCCC/C=C/[C@@H](O)[C@H](CO[C@@H]1OC(CO)[C@@H](O[C@@H]2OC(CO)[C@H](O)[C@H](O[C@@H]3OC(CO)[C@@H](O[C@@H]4OC(CO)[C@H](O)[C@H](O[C@@H]5OC(CO)[C@@H](O[C@H]6OC(C)[C@@H](O)C(O)[C@@H]6O)[C@H](O[C@@H]6OC(CO)[C@H](O)[C@H](O)C6O)C5NC(C)=O)C4O)[C@H](O)C3NC(C)=O)C2O)[C@H](O)C1O)NC(=O)CCCCCCCCCCCCCCCCC. The monoisotopic (exact) mass is 1770 g/mol. The van der Waals surface area contributed by atoms with E-state index in [1.807, 2.05) is 6.08 Å². The molecule has 122 heavy (non-hydrogen) atoms. The number of aliphatic hydroxyl groups excluding tert-OH is 20. The van der Waals surface area contributed by atoms with Crippen molar-refractivity contribution in [2.45, 2.75) is 441 Å². The Hall–Kier alpha value is -3.21. The van der Waals surface area contributed by atoms with Crippen LogP contribution in [-0.4, -0.2) is 393 Å². The summed E-state index contributed by atoms with van der Waals surface area (Å²) in [5, 5.41) is 232. The van der Waals surface area contributed by atoms with E-state index in [-0.39, 0.29) is 12.3 Å². The molecule has 7 rings (SSSR count). The summed E-state index contributed by atoms with van der Waals surface area (Å²) in [4.78, 5) is 39.9. The lowest BCUT2D eigenvalue weighted by molar-refractivity contribution is -0.393. The molecule has 37 atom stereocenters. The molecule has 712 valence electrons. The number of rotatable bonds is 54. The maximum Gasteiger partial charge on any atom is 0.220 e. The fourth-order valence-corrected chi connectivity index (χ4v) is 16.5. The predicted octanol–water partition coefficient (Wildman–Crippen LogP) is -3.57. The first kappa shape index (κ1) is 106. The summed E-state index contributed by atoms with van der Waals surface area (Å²) in [6.07, 6.45) is -31.6. The minimum Gasteiger partial charge on any atom is -0.394 e. The molecular weight excluding hydrogens is 1620 g/mol. The minimum absolute atomic E-state index is 0.164. The van der Waals surface area contributed by atoms with Crippen molar-refractivity contribution < 1.29 is 183 Å². The van der Waals surface area contributed by atoms with Crippen molar-refractivity contribution in [2.75, 3.05) is 46.2 Å². The molecule has 14 unspecified atom stereocenters. The van der Waals surface area contributed by atoms with Gasteiger partial charge in [0, 0.05) is 20.3 Å². The summed E-state index contributed by atoms with van der Waals surface area (Å²) in [5.74, 6) is -2.17. The van der Waals surface area contributed by atoms with Gasteiger partial charge in [0.25, 0.3) is 0 Å². The summed E-state index contributed by atoms with van der Waals surface area (Å²) in [6.45, 7) is 0.964. The highest BCUT2D eigenvalue weighted by atomic mass is 16.8. The van der Waals surface area contributed by atoms with Crippen molar-refractivity contribution in [3.8, 4) is 0 Å². The fourth-order valence-electron chi connectivity index (χ4n) is 16.5. The molecule has 0 aromatic heterocycles. The lowest BCUT2D eigenvalue weighted by Crippen LogP contribution is -2.71. The largest absolute Gasteiger partial charge is 0.394 e. The molecule has 7 saturated heterocycles. The molecule has 0 aromatic carbocycles. The number of ether oxygens (including phenoxy) is 14. The standard InChI is InChI=1S/C82H147N3O37/c1-6-8-10-12-14-16-18-20-21-23-25-27-29-31-33-35-54(95)85-46(47(94)34-32-30-28-26-24-22-19-17-15-13-11-9-7-2)42-109-78-67(106)64(103)71(52(40-90)116-78)118-82-68(107)74(59(98)49(37-87)113-82)121-76-55(83-44(4)92)61(100)70(51(39-89)114-76)117-81-69(108)75(60(99)50(38-88)112-81)122-77-56(84-45(5)93)73(120-80-66(105)63(102)58(97)48(36-86)111-80)72(53(41-91)115-77)119-79-65(104)62(101)57(96)43(3)110-79/h32,34,43,46-53,55-82,86-91,94,96-108H,6-31,33,35-42H2,1-5H3,(H,83,92)(H,84,93)(H,85,95)/b34-32+/t43?,46-,47+,48?,49?,50?,51?,52?,53?,55?,56?,57+,58-,59-,60-,61+,62?,63-,64+,65-,66?,67?,68?,69?,70+,71+,72+,73+,74-,75-,76-,77-,78+,79+,80-,81-,82-/m0/s1. The van der Waals surface area contributed by atoms with E-state index in [4.69, 9.17) is 66.3 Å². The maximum atomic E-state index is 13.6. The first-order valence-corrected chi connectivity index (χ1v) is 44.3. The molecule has 7 fully saturated rings. The minimum atomic E-state index is -2.34. The van der Waals surface area contributed by atoms with Crippen LogP contribution in [-0.2, 0) is 80.7 Å². The van der Waals surface area contributed by atoms with E-state index >= 15 is 0 Å². The van der Waals surface area contributed by atoms with E-state index in [0.717, 1.165) is 65.2 Å². The first-order valence-electron chi connectivity index (χ1n) is 44.3. The van der Waals surface area contributed by atoms with Crippen LogP contribution in [0.15, 0.2) is 12.2 Å². The van der Waals surface area contributed by atoms with Gasteiger partial charge in [0.15, 0.2) is 44.0 Å². The smallest absolute Gasteiger partial charge is 0.220 e. The Kier molecular flexibility index (Phi) is 47.8.